The topological polar surface area (TPSA) is 43.4 Å². The van der Waals surface area contributed by atoms with Gasteiger partial charge in [0, 0.05) is 36.1 Å². The third-order valence-electron chi connectivity index (χ3n) is 4.72. The second-order valence-electron chi connectivity index (χ2n) is 7.45. The van der Waals surface area contributed by atoms with E-state index in [-0.39, 0.29) is 5.91 Å². The lowest BCUT2D eigenvalue weighted by Gasteiger charge is -2.16. The van der Waals surface area contributed by atoms with Crippen LogP contribution in [0, 0.1) is 24.5 Å². The fourth-order valence-corrected chi connectivity index (χ4v) is 3.60. The van der Waals surface area contributed by atoms with Crippen molar-refractivity contribution in [1.82, 2.24) is 14.5 Å². The highest BCUT2D eigenvalue weighted by molar-refractivity contribution is 7.71. The van der Waals surface area contributed by atoms with Gasteiger partial charge in [-0.2, -0.15) is 0 Å². The number of carbonyl (C=O) groups excluding carboxylic acids is 1. The first-order valence-corrected chi connectivity index (χ1v) is 9.54. The molecular weight excluding hydrogens is 344 g/mol. The maximum absolute atomic E-state index is 11.6. The molecule has 1 unspecified atom stereocenters. The van der Waals surface area contributed by atoms with Gasteiger partial charge < -0.3 is 14.8 Å². The third kappa shape index (κ3) is 4.62. The molecule has 0 bridgehead atoms. The first kappa shape index (κ1) is 20.4. The van der Waals surface area contributed by atoms with Crippen molar-refractivity contribution >= 4 is 18.1 Å². The van der Waals surface area contributed by atoms with E-state index in [2.05, 4.69) is 49.2 Å². The number of rotatable bonds is 7. The van der Waals surface area contributed by atoms with E-state index in [1.165, 1.54) is 21.9 Å². The number of hydrogen-bond donors (Lipinski definition) is 2. The molecule has 142 valence electrons. The summed E-state index contributed by atoms with van der Waals surface area (Å²) in [6.07, 6.45) is 0. The maximum Gasteiger partial charge on any atom is 0.251 e. The summed E-state index contributed by atoms with van der Waals surface area (Å²) in [6.45, 7) is 11.4. The number of quaternary nitrogens is 1. The van der Waals surface area contributed by atoms with E-state index in [1.807, 2.05) is 24.3 Å². The summed E-state index contributed by atoms with van der Waals surface area (Å²) in [5.41, 5.74) is 4.39. The van der Waals surface area contributed by atoms with Crippen molar-refractivity contribution in [3.8, 4) is 0 Å². The number of aromatic nitrogens is 2. The van der Waals surface area contributed by atoms with Crippen LogP contribution in [0.25, 0.3) is 0 Å². The minimum Gasteiger partial charge on any atom is -0.355 e. The van der Waals surface area contributed by atoms with Crippen molar-refractivity contribution in [2.75, 3.05) is 14.1 Å². The van der Waals surface area contributed by atoms with Crippen molar-refractivity contribution in [1.29, 1.82) is 0 Å². The van der Waals surface area contributed by atoms with Crippen LogP contribution in [0.2, 0.25) is 0 Å². The number of nitrogens with one attached hydrogen (secondary N) is 2. The van der Waals surface area contributed by atoms with E-state index in [0.717, 1.165) is 24.5 Å². The summed E-state index contributed by atoms with van der Waals surface area (Å²) < 4.78 is 5.39. The molecule has 2 aromatic rings. The fraction of sp³-hybridized carbons (Fsp3) is 0.500. The number of imidazole rings is 1. The van der Waals surface area contributed by atoms with Crippen LogP contribution in [0.4, 0.5) is 0 Å². The minimum atomic E-state index is -0.0545. The van der Waals surface area contributed by atoms with Crippen LogP contribution in [-0.2, 0) is 19.8 Å². The summed E-state index contributed by atoms with van der Waals surface area (Å²) in [5, 5.41) is 2.65. The van der Waals surface area contributed by atoms with Crippen LogP contribution in [0.5, 0.6) is 0 Å². The Labute approximate surface area is 161 Å². The molecule has 1 heterocycles. The van der Waals surface area contributed by atoms with Gasteiger partial charge >= 0.3 is 0 Å². The summed E-state index contributed by atoms with van der Waals surface area (Å²) in [6, 6.07) is 7.80. The van der Waals surface area contributed by atoms with Crippen LogP contribution in [-0.4, -0.2) is 29.1 Å². The number of nitrogens with zero attached hydrogens (tertiary/aromatic N) is 2. The van der Waals surface area contributed by atoms with Crippen LogP contribution in [0.3, 0.4) is 0 Å². The van der Waals surface area contributed by atoms with Crippen molar-refractivity contribution in [2.45, 2.75) is 47.5 Å². The highest BCUT2D eigenvalue weighted by Gasteiger charge is 2.15. The lowest BCUT2D eigenvalue weighted by Crippen LogP contribution is -3.06. The predicted molar refractivity (Wildman–Crippen MR) is 108 cm³/mol. The van der Waals surface area contributed by atoms with Gasteiger partial charge in [-0.1, -0.05) is 26.0 Å². The highest BCUT2D eigenvalue weighted by atomic mass is 32.1. The minimum absolute atomic E-state index is 0.0545. The molecule has 1 atom stereocenters. The molecule has 0 aliphatic rings. The summed E-state index contributed by atoms with van der Waals surface area (Å²) in [4.78, 5) is 13.0. The fourth-order valence-electron chi connectivity index (χ4n) is 3.18. The molecule has 1 amide bonds. The van der Waals surface area contributed by atoms with Gasteiger partial charge in [-0.3, -0.25) is 9.36 Å². The Balaban J connectivity index is 2.12. The standard InChI is InChI=1S/C20H30N4OS/c1-14(2)11-23-15(3)16(4)24(20(23)26)13-22(6)12-17-7-9-18(10-8-17)19(25)21-5/h7-10,14H,11-13H2,1-6H3,(H,21,25)/p+1. The van der Waals surface area contributed by atoms with Crippen molar-refractivity contribution in [2.24, 2.45) is 5.92 Å². The van der Waals surface area contributed by atoms with Crippen molar-refractivity contribution < 1.29 is 9.69 Å². The zero-order valence-corrected chi connectivity index (χ0v) is 17.5. The zero-order valence-electron chi connectivity index (χ0n) is 16.7. The largest absolute Gasteiger partial charge is 0.355 e. The van der Waals surface area contributed by atoms with Gasteiger partial charge in [-0.25, -0.2) is 0 Å². The molecule has 0 fully saturated rings. The second kappa shape index (κ2) is 8.64. The number of benzene rings is 1. The van der Waals surface area contributed by atoms with E-state index >= 15 is 0 Å². The van der Waals surface area contributed by atoms with E-state index < -0.39 is 0 Å². The van der Waals surface area contributed by atoms with E-state index in [9.17, 15) is 4.79 Å². The molecule has 6 heteroatoms. The van der Waals surface area contributed by atoms with Gasteiger partial charge in [0.2, 0.25) is 0 Å². The van der Waals surface area contributed by atoms with Gasteiger partial charge in [0.25, 0.3) is 5.91 Å². The van der Waals surface area contributed by atoms with E-state index in [0.29, 0.717) is 11.5 Å². The lowest BCUT2D eigenvalue weighted by molar-refractivity contribution is -0.917. The predicted octanol–water partition coefficient (Wildman–Crippen LogP) is 2.32. The Morgan fingerprint density at radius 3 is 2.27 bits per heavy atom. The molecule has 0 aliphatic heterocycles. The smallest absolute Gasteiger partial charge is 0.251 e. The Bertz CT molecular complexity index is 818. The summed E-state index contributed by atoms with van der Waals surface area (Å²) in [5.74, 6) is 0.515. The quantitative estimate of drug-likeness (QED) is 0.730. The van der Waals surface area contributed by atoms with E-state index in [4.69, 9.17) is 12.2 Å². The van der Waals surface area contributed by atoms with Crippen molar-refractivity contribution in [3.63, 3.8) is 0 Å². The van der Waals surface area contributed by atoms with E-state index in [1.54, 1.807) is 7.05 Å². The summed E-state index contributed by atoms with van der Waals surface area (Å²) in [7, 11) is 3.82. The Kier molecular flexibility index (Phi) is 6.78. The zero-order chi connectivity index (χ0) is 19.4. The monoisotopic (exact) mass is 375 g/mol. The second-order valence-corrected chi connectivity index (χ2v) is 7.82. The van der Waals surface area contributed by atoms with Crippen LogP contribution in [0.15, 0.2) is 24.3 Å². The molecule has 0 saturated carbocycles. The Morgan fingerprint density at radius 1 is 1.15 bits per heavy atom. The molecule has 2 rings (SSSR count). The Hall–Kier alpha value is -1.92. The third-order valence-corrected chi connectivity index (χ3v) is 5.16. The number of hydrogen-bond acceptors (Lipinski definition) is 2. The van der Waals surface area contributed by atoms with Crippen LogP contribution < -0.4 is 10.2 Å². The first-order valence-electron chi connectivity index (χ1n) is 9.13. The molecular formula is C20H31N4OS+. The Morgan fingerprint density at radius 2 is 1.73 bits per heavy atom. The van der Waals surface area contributed by atoms with Gasteiger partial charge in [0.1, 0.15) is 6.54 Å². The molecule has 0 radical (unpaired) electrons. The van der Waals surface area contributed by atoms with Crippen LogP contribution in [0.1, 0.15) is 41.2 Å². The maximum atomic E-state index is 11.6. The lowest BCUT2D eigenvalue weighted by atomic mass is 10.1. The molecule has 0 saturated heterocycles. The number of amides is 1. The molecule has 5 nitrogen and oxygen atoms in total. The molecule has 0 spiro atoms. The molecule has 2 N–H and O–H groups in total. The molecule has 1 aromatic carbocycles. The molecule has 26 heavy (non-hydrogen) atoms. The molecule has 0 aliphatic carbocycles. The number of carbonyl (C=O) groups is 1. The molecule has 1 aromatic heterocycles. The average molecular weight is 376 g/mol. The van der Waals surface area contributed by atoms with Crippen LogP contribution >= 0.6 is 12.2 Å². The van der Waals surface area contributed by atoms with Crippen molar-refractivity contribution in [3.05, 3.63) is 51.6 Å². The first-order chi connectivity index (χ1) is 12.2. The summed E-state index contributed by atoms with van der Waals surface area (Å²) >= 11 is 5.73. The van der Waals surface area contributed by atoms with Gasteiger partial charge in [-0.05, 0) is 44.1 Å². The average Bonchev–Trinajstić information content (AvgIpc) is 2.79. The van der Waals surface area contributed by atoms with Gasteiger partial charge in [0.15, 0.2) is 11.4 Å². The van der Waals surface area contributed by atoms with Gasteiger partial charge in [0.05, 0.1) is 7.05 Å². The normalized spacial score (nSPS) is 12.4. The SMILES string of the molecule is CNC(=O)c1ccc(C[NH+](C)Cn2c(C)c(C)n(CC(C)C)c2=S)cc1. The highest BCUT2D eigenvalue weighted by Crippen LogP contribution is 2.13. The van der Waals surface area contributed by atoms with Gasteiger partial charge in [-0.15, -0.1) is 0 Å².